The van der Waals surface area contributed by atoms with Gasteiger partial charge in [0.2, 0.25) is 0 Å². The Morgan fingerprint density at radius 3 is 2.40 bits per heavy atom. The Kier molecular flexibility index (Phi) is 3.69. The number of halogens is 1. The van der Waals surface area contributed by atoms with Crippen molar-refractivity contribution in [2.45, 2.75) is 16.7 Å². The van der Waals surface area contributed by atoms with Crippen LogP contribution in [0.25, 0.3) is 0 Å². The summed E-state index contributed by atoms with van der Waals surface area (Å²) in [4.78, 5) is 0.506. The molecule has 0 saturated carbocycles. The van der Waals surface area contributed by atoms with Crippen molar-refractivity contribution in [3.05, 3.63) is 65.7 Å². The molecule has 1 aliphatic heterocycles. The van der Waals surface area contributed by atoms with Gasteiger partial charge in [0.1, 0.15) is 0 Å². The summed E-state index contributed by atoms with van der Waals surface area (Å²) in [5.41, 5.74) is 2.14. The first kappa shape index (κ1) is 13.8. The van der Waals surface area contributed by atoms with Crippen molar-refractivity contribution in [1.82, 2.24) is 0 Å². The molecule has 2 aromatic rings. The van der Waals surface area contributed by atoms with Crippen LogP contribution >= 0.6 is 15.9 Å². The summed E-state index contributed by atoms with van der Waals surface area (Å²) in [6, 6.07) is 17.5. The number of sulfone groups is 1. The highest BCUT2D eigenvalue weighted by Gasteiger charge is 2.38. The van der Waals surface area contributed by atoms with Gasteiger partial charge in [0.15, 0.2) is 9.84 Å². The van der Waals surface area contributed by atoms with E-state index in [4.69, 9.17) is 0 Å². The highest BCUT2D eigenvalue weighted by Crippen LogP contribution is 2.43. The number of fused-ring (bicyclic) bond motifs is 1. The van der Waals surface area contributed by atoms with Crippen LogP contribution in [0, 0.1) is 0 Å². The minimum absolute atomic E-state index is 0.0259. The monoisotopic (exact) mass is 350 g/mol. The van der Waals surface area contributed by atoms with Gasteiger partial charge in [-0.25, -0.2) is 8.42 Å². The van der Waals surface area contributed by atoms with E-state index < -0.39 is 9.84 Å². The Hall–Kier alpha value is -1.13. The zero-order valence-corrected chi connectivity index (χ0v) is 13.3. The van der Waals surface area contributed by atoms with Crippen molar-refractivity contribution in [1.29, 1.82) is 0 Å². The fraction of sp³-hybridized carbons (Fsp3) is 0.250. The first-order valence-corrected chi connectivity index (χ1v) is 9.33. The van der Waals surface area contributed by atoms with Crippen LogP contribution < -0.4 is 0 Å². The largest absolute Gasteiger partial charge is 0.224 e. The van der Waals surface area contributed by atoms with E-state index in [1.807, 2.05) is 30.3 Å². The summed E-state index contributed by atoms with van der Waals surface area (Å²) in [6.07, 6.45) is 0. The molecule has 0 saturated heterocycles. The molecule has 0 aliphatic carbocycles. The molecule has 0 fully saturated rings. The summed E-state index contributed by atoms with van der Waals surface area (Å²) < 4.78 is 24.6. The molecule has 0 aromatic heterocycles. The van der Waals surface area contributed by atoms with Gasteiger partial charge in [0.25, 0.3) is 0 Å². The van der Waals surface area contributed by atoms with E-state index in [2.05, 4.69) is 28.1 Å². The first-order chi connectivity index (χ1) is 9.63. The second-order valence-electron chi connectivity index (χ2n) is 5.10. The van der Waals surface area contributed by atoms with Crippen molar-refractivity contribution in [2.24, 2.45) is 0 Å². The minimum Gasteiger partial charge on any atom is -0.224 e. The van der Waals surface area contributed by atoms with E-state index in [0.29, 0.717) is 4.90 Å². The van der Waals surface area contributed by atoms with E-state index in [1.165, 1.54) is 5.56 Å². The average Bonchev–Trinajstić information content (AvgIpc) is 2.74. The van der Waals surface area contributed by atoms with Crippen LogP contribution in [0.15, 0.2) is 59.5 Å². The molecule has 2 unspecified atom stereocenters. The lowest BCUT2D eigenvalue weighted by molar-refractivity contribution is 0.589. The van der Waals surface area contributed by atoms with Gasteiger partial charge in [-0.2, -0.15) is 0 Å². The van der Waals surface area contributed by atoms with Gasteiger partial charge in [-0.1, -0.05) is 64.5 Å². The van der Waals surface area contributed by atoms with E-state index in [9.17, 15) is 8.42 Å². The summed E-state index contributed by atoms with van der Waals surface area (Å²) in [6.45, 7) is 0. The van der Waals surface area contributed by atoms with Gasteiger partial charge in [0.05, 0.1) is 10.6 Å². The fourth-order valence-corrected chi connectivity index (χ4v) is 5.70. The summed E-state index contributed by atoms with van der Waals surface area (Å²) >= 11 is 3.56. The van der Waals surface area contributed by atoms with Crippen LogP contribution in [-0.2, 0) is 9.84 Å². The third-order valence-electron chi connectivity index (χ3n) is 3.93. The predicted molar refractivity (Wildman–Crippen MR) is 84.2 cm³/mol. The van der Waals surface area contributed by atoms with Gasteiger partial charge >= 0.3 is 0 Å². The lowest BCUT2D eigenvalue weighted by atomic mass is 9.84. The van der Waals surface area contributed by atoms with E-state index in [0.717, 1.165) is 10.9 Å². The maximum atomic E-state index is 12.3. The van der Waals surface area contributed by atoms with Crippen LogP contribution in [0.5, 0.6) is 0 Å². The van der Waals surface area contributed by atoms with Gasteiger partial charge in [0, 0.05) is 17.2 Å². The maximum Gasteiger partial charge on any atom is 0.179 e. The minimum atomic E-state index is -3.14. The molecular formula is C16H15BrO2S. The Morgan fingerprint density at radius 2 is 1.70 bits per heavy atom. The molecular weight excluding hydrogens is 336 g/mol. The molecule has 2 nitrogen and oxygen atoms in total. The number of benzene rings is 2. The topological polar surface area (TPSA) is 34.1 Å². The van der Waals surface area contributed by atoms with Gasteiger partial charge in [-0.15, -0.1) is 0 Å². The molecule has 4 heteroatoms. The van der Waals surface area contributed by atoms with Crippen LogP contribution in [0.3, 0.4) is 0 Å². The lowest BCUT2D eigenvalue weighted by Gasteiger charge is -2.22. The summed E-state index contributed by atoms with van der Waals surface area (Å²) in [7, 11) is -3.14. The summed E-state index contributed by atoms with van der Waals surface area (Å²) in [5.74, 6) is 0.407. The molecule has 2 atom stereocenters. The molecule has 0 amide bonds. The Morgan fingerprint density at radius 1 is 1.05 bits per heavy atom. The van der Waals surface area contributed by atoms with Crippen LogP contribution in [0.2, 0.25) is 0 Å². The van der Waals surface area contributed by atoms with E-state index in [1.54, 1.807) is 12.1 Å². The number of hydrogen-bond donors (Lipinski definition) is 0. The van der Waals surface area contributed by atoms with Gasteiger partial charge < -0.3 is 0 Å². The molecule has 1 heterocycles. The maximum absolute atomic E-state index is 12.3. The number of rotatable bonds is 3. The molecule has 0 N–H and O–H groups in total. The number of hydrogen-bond acceptors (Lipinski definition) is 2. The molecule has 3 rings (SSSR count). The highest BCUT2D eigenvalue weighted by atomic mass is 79.9. The van der Waals surface area contributed by atoms with Gasteiger partial charge in [-0.3, -0.25) is 0 Å². The Balaban J connectivity index is 2.08. The standard InChI is InChI=1S/C16H15BrO2S/c17-10-14(12-6-2-1-3-7-12)15-11-20(18,19)16-9-5-4-8-13(15)16/h1-9,14-15H,10-11H2. The quantitative estimate of drug-likeness (QED) is 0.790. The van der Waals surface area contributed by atoms with Crippen molar-refractivity contribution >= 4 is 25.8 Å². The predicted octanol–water partition coefficient (Wildman–Crippen LogP) is 3.74. The second-order valence-corrected chi connectivity index (χ2v) is 7.75. The molecule has 1 aliphatic rings. The van der Waals surface area contributed by atoms with E-state index in [-0.39, 0.29) is 17.6 Å². The Labute approximate surface area is 127 Å². The Bertz CT molecular complexity index is 710. The second kappa shape index (κ2) is 5.34. The highest BCUT2D eigenvalue weighted by molar-refractivity contribution is 9.09. The third kappa shape index (κ3) is 2.31. The van der Waals surface area contributed by atoms with Crippen molar-refractivity contribution in [3.8, 4) is 0 Å². The third-order valence-corrected chi connectivity index (χ3v) is 6.47. The number of alkyl halides is 1. The van der Waals surface area contributed by atoms with Crippen LogP contribution in [0.4, 0.5) is 0 Å². The summed E-state index contributed by atoms with van der Waals surface area (Å²) in [5, 5.41) is 0.755. The molecule has 20 heavy (non-hydrogen) atoms. The molecule has 2 aromatic carbocycles. The molecule has 104 valence electrons. The van der Waals surface area contributed by atoms with Crippen LogP contribution in [-0.4, -0.2) is 19.5 Å². The van der Waals surface area contributed by atoms with Crippen molar-refractivity contribution in [3.63, 3.8) is 0 Å². The van der Waals surface area contributed by atoms with Crippen molar-refractivity contribution < 1.29 is 8.42 Å². The molecule has 0 radical (unpaired) electrons. The SMILES string of the molecule is O=S1(=O)CC(C(CBr)c2ccccc2)c2ccccc21. The molecule has 0 spiro atoms. The smallest absolute Gasteiger partial charge is 0.179 e. The van der Waals surface area contributed by atoms with E-state index >= 15 is 0 Å². The molecule has 0 bridgehead atoms. The normalized spacial score (nSPS) is 21.4. The van der Waals surface area contributed by atoms with Gasteiger partial charge in [-0.05, 0) is 17.2 Å². The lowest BCUT2D eigenvalue weighted by Crippen LogP contribution is -2.14. The zero-order chi connectivity index (χ0) is 14.2. The zero-order valence-electron chi connectivity index (χ0n) is 10.9. The van der Waals surface area contributed by atoms with Crippen molar-refractivity contribution in [2.75, 3.05) is 11.1 Å². The first-order valence-electron chi connectivity index (χ1n) is 6.56. The average molecular weight is 351 g/mol. The fourth-order valence-electron chi connectivity index (χ4n) is 2.95. The van der Waals surface area contributed by atoms with Crippen LogP contribution in [0.1, 0.15) is 23.0 Å².